The summed E-state index contributed by atoms with van der Waals surface area (Å²) in [6.45, 7) is 6.28. The van der Waals surface area contributed by atoms with Crippen LogP contribution in [0.4, 0.5) is 0 Å². The second-order valence-corrected chi connectivity index (χ2v) is 15.4. The van der Waals surface area contributed by atoms with Crippen LogP contribution >= 0.6 is 0 Å². The molecule has 0 bridgehead atoms. The van der Waals surface area contributed by atoms with Crippen molar-refractivity contribution in [2.45, 2.75) is 225 Å². The Labute approximate surface area is 321 Å². The predicted octanol–water partition coefficient (Wildman–Crippen LogP) is 9.15. The van der Waals surface area contributed by atoms with Gasteiger partial charge in [0, 0.05) is 19.6 Å². The van der Waals surface area contributed by atoms with Crippen molar-refractivity contribution in [2.75, 3.05) is 19.6 Å². The molecule has 0 rings (SSSR count). The molecule has 0 aromatic rings. The molecule has 0 aliphatic heterocycles. The van der Waals surface area contributed by atoms with Crippen molar-refractivity contribution in [3.05, 3.63) is 12.2 Å². The molecule has 1 amide bonds. The first kappa shape index (κ1) is 50.0. The van der Waals surface area contributed by atoms with E-state index in [1.807, 2.05) is 4.90 Å². The molecule has 0 aliphatic rings. The number of nitrogens with one attached hydrogen (secondary N) is 2. The number of nitrogens with two attached hydrogens (primary N) is 4. The molecular weight excluding hydrogens is 647 g/mol. The van der Waals surface area contributed by atoms with Crippen LogP contribution in [0.5, 0.6) is 0 Å². The number of Topliss-reactive ketones (excluding diaryl/α,β-unsaturated/α-hetero) is 1. The van der Waals surface area contributed by atoms with Crippen molar-refractivity contribution in [3.8, 4) is 0 Å². The van der Waals surface area contributed by atoms with Gasteiger partial charge in [-0.25, -0.2) is 0 Å². The second-order valence-electron chi connectivity index (χ2n) is 15.4. The highest BCUT2D eigenvalue weighted by atomic mass is 16.2. The molecule has 0 aromatic heterocycles. The minimum Gasteiger partial charge on any atom is -0.370 e. The molecule has 0 heterocycles. The summed E-state index contributed by atoms with van der Waals surface area (Å²) >= 11 is 0. The minimum absolute atomic E-state index is 0.120. The molecule has 3 atom stereocenters. The summed E-state index contributed by atoms with van der Waals surface area (Å²) in [6, 6.07) is -3.05. The third kappa shape index (κ3) is 30.5. The van der Waals surface area contributed by atoms with E-state index >= 15 is 0 Å². The van der Waals surface area contributed by atoms with Crippen molar-refractivity contribution in [2.24, 2.45) is 22.9 Å². The molecule has 9 nitrogen and oxygen atoms in total. The zero-order valence-corrected chi connectivity index (χ0v) is 34.3. The van der Waals surface area contributed by atoms with Crippen LogP contribution < -0.4 is 28.3 Å². The van der Waals surface area contributed by atoms with Gasteiger partial charge in [0.25, 0.3) is 0 Å². The number of nitrogens with zero attached hydrogens (tertiary/aromatic N) is 1. The molecule has 0 spiro atoms. The SMILES string of the molecule is CCCCCCCC/C=C\CCCCCCCCN(CCCCCCCCCCCCCCCC)C(=O)C(N)C(N)C(=O)[C@H](N)CCCNC(=N)N. The highest BCUT2D eigenvalue weighted by Crippen LogP contribution is 2.15. The van der Waals surface area contributed by atoms with E-state index in [1.165, 1.54) is 154 Å². The molecule has 0 radical (unpaired) electrons. The van der Waals surface area contributed by atoms with Gasteiger partial charge in [0.1, 0.15) is 6.04 Å². The number of hydrogen-bond acceptors (Lipinski definition) is 6. The van der Waals surface area contributed by atoms with E-state index in [0.717, 1.165) is 25.7 Å². The number of ketones is 1. The zero-order chi connectivity index (χ0) is 38.5. The number of guanidine groups is 1. The fourth-order valence-corrected chi connectivity index (χ4v) is 6.86. The van der Waals surface area contributed by atoms with Crippen molar-refractivity contribution >= 4 is 17.6 Å². The van der Waals surface area contributed by atoms with Gasteiger partial charge in [-0.2, -0.15) is 0 Å². The second kappa shape index (κ2) is 37.3. The van der Waals surface area contributed by atoms with E-state index < -0.39 is 23.9 Å². The molecule has 0 aliphatic carbocycles. The van der Waals surface area contributed by atoms with Gasteiger partial charge in [0.15, 0.2) is 11.7 Å². The maximum absolute atomic E-state index is 13.6. The standard InChI is InChI=1S/C43H87N7O2/c1-3-5-7-9-11-13-15-17-19-20-22-24-26-28-30-32-37-50(36-31-29-27-25-23-21-18-16-14-12-10-8-6-4-2)42(52)40(46)39(45)41(51)38(44)34-33-35-49-43(47)48/h17,19,38-40H,3-16,18,20-37,44-46H2,1-2H3,(H4,47,48,49)/b19-17-/t38-,39?,40?/m1/s1. The Bertz CT molecular complexity index is 868. The third-order valence-electron chi connectivity index (χ3n) is 10.4. The van der Waals surface area contributed by atoms with Crippen LogP contribution in [0.1, 0.15) is 206 Å². The van der Waals surface area contributed by atoms with Crippen molar-refractivity contribution < 1.29 is 9.59 Å². The van der Waals surface area contributed by atoms with Crippen molar-refractivity contribution in [1.29, 1.82) is 5.41 Å². The number of amides is 1. The van der Waals surface area contributed by atoms with Crippen molar-refractivity contribution in [3.63, 3.8) is 0 Å². The molecule has 0 aromatic carbocycles. The zero-order valence-electron chi connectivity index (χ0n) is 34.3. The van der Waals surface area contributed by atoms with E-state index in [0.29, 0.717) is 32.5 Å². The van der Waals surface area contributed by atoms with E-state index in [1.54, 1.807) is 0 Å². The van der Waals surface area contributed by atoms with Gasteiger partial charge in [0.2, 0.25) is 5.91 Å². The smallest absolute Gasteiger partial charge is 0.241 e. The first-order valence-electron chi connectivity index (χ1n) is 22.1. The highest BCUT2D eigenvalue weighted by Gasteiger charge is 2.32. The van der Waals surface area contributed by atoms with E-state index in [4.69, 9.17) is 28.3 Å². The summed E-state index contributed by atoms with van der Waals surface area (Å²) in [5, 5.41) is 9.96. The minimum atomic E-state index is -1.14. The molecule has 52 heavy (non-hydrogen) atoms. The molecule has 0 saturated heterocycles. The number of carbonyl (C=O) groups excluding carboxylic acids is 2. The summed E-state index contributed by atoms with van der Waals surface area (Å²) < 4.78 is 0. The lowest BCUT2D eigenvalue weighted by Crippen LogP contribution is -2.59. The van der Waals surface area contributed by atoms with Crippen LogP contribution in [0.15, 0.2) is 12.2 Å². The average molecular weight is 734 g/mol. The molecule has 10 N–H and O–H groups in total. The van der Waals surface area contributed by atoms with Gasteiger partial charge >= 0.3 is 0 Å². The Morgan fingerprint density at radius 3 is 1.31 bits per heavy atom. The van der Waals surface area contributed by atoms with Gasteiger partial charge in [-0.05, 0) is 51.4 Å². The number of allylic oxidation sites excluding steroid dienone is 2. The Morgan fingerprint density at radius 1 is 0.558 bits per heavy atom. The quantitative estimate of drug-likeness (QED) is 0.0158. The lowest BCUT2D eigenvalue weighted by molar-refractivity contribution is -0.136. The number of carbonyl (C=O) groups is 2. The molecule has 0 fully saturated rings. The fraction of sp³-hybridized carbons (Fsp3) is 0.884. The third-order valence-corrected chi connectivity index (χ3v) is 10.4. The first-order chi connectivity index (χ1) is 25.3. The number of rotatable bonds is 39. The Balaban J connectivity index is 4.56. The van der Waals surface area contributed by atoms with Crippen LogP contribution in [0.25, 0.3) is 0 Å². The maximum Gasteiger partial charge on any atom is 0.241 e. The largest absolute Gasteiger partial charge is 0.370 e. The average Bonchev–Trinajstić information content (AvgIpc) is 3.14. The van der Waals surface area contributed by atoms with Gasteiger partial charge in [-0.3, -0.25) is 15.0 Å². The summed E-state index contributed by atoms with van der Waals surface area (Å²) in [4.78, 5) is 28.4. The highest BCUT2D eigenvalue weighted by molar-refractivity contribution is 5.95. The van der Waals surface area contributed by atoms with Gasteiger partial charge in [-0.1, -0.05) is 167 Å². The normalized spacial score (nSPS) is 13.3. The molecule has 0 saturated carbocycles. The predicted molar refractivity (Wildman–Crippen MR) is 224 cm³/mol. The molecule has 2 unspecified atom stereocenters. The van der Waals surface area contributed by atoms with E-state index in [2.05, 4.69) is 31.3 Å². The Morgan fingerprint density at radius 2 is 0.923 bits per heavy atom. The molecule has 306 valence electrons. The summed E-state index contributed by atoms with van der Waals surface area (Å²) in [5.74, 6) is -0.754. The van der Waals surface area contributed by atoms with Crippen molar-refractivity contribution in [1.82, 2.24) is 10.2 Å². The molecule has 9 heteroatoms. The summed E-state index contributed by atoms with van der Waals surface area (Å²) in [5.41, 5.74) is 24.0. The van der Waals surface area contributed by atoms with Crippen LogP contribution in [0, 0.1) is 5.41 Å². The van der Waals surface area contributed by atoms with Crippen LogP contribution in [0.3, 0.4) is 0 Å². The van der Waals surface area contributed by atoms with Gasteiger partial charge in [-0.15, -0.1) is 0 Å². The number of unbranched alkanes of at least 4 members (excludes halogenated alkanes) is 25. The van der Waals surface area contributed by atoms with Crippen LogP contribution in [-0.2, 0) is 9.59 Å². The summed E-state index contributed by atoms with van der Waals surface area (Å²) in [7, 11) is 0. The number of hydrogen-bond donors (Lipinski definition) is 6. The van der Waals surface area contributed by atoms with E-state index in [9.17, 15) is 9.59 Å². The summed E-state index contributed by atoms with van der Waals surface area (Å²) in [6.07, 6.45) is 41.1. The Hall–Kier alpha value is -1.97. The van der Waals surface area contributed by atoms with Crippen LogP contribution in [0.2, 0.25) is 0 Å². The van der Waals surface area contributed by atoms with Gasteiger partial charge in [0.05, 0.1) is 12.1 Å². The van der Waals surface area contributed by atoms with Crippen LogP contribution in [-0.4, -0.2) is 60.3 Å². The monoisotopic (exact) mass is 734 g/mol. The maximum atomic E-state index is 13.6. The topological polar surface area (TPSA) is 177 Å². The fourth-order valence-electron chi connectivity index (χ4n) is 6.86. The van der Waals surface area contributed by atoms with Gasteiger partial charge < -0.3 is 33.2 Å². The molecular formula is C43H87N7O2. The lowest BCUT2D eigenvalue weighted by atomic mass is 9.96. The van der Waals surface area contributed by atoms with E-state index in [-0.39, 0.29) is 11.9 Å². The Kier molecular flexibility index (Phi) is 35.9. The first-order valence-corrected chi connectivity index (χ1v) is 22.1. The lowest BCUT2D eigenvalue weighted by Gasteiger charge is -2.29.